The third-order valence-electron chi connectivity index (χ3n) is 3.75. The number of nitrogens with one attached hydrogen (secondary N) is 1. The van der Waals surface area contributed by atoms with Crippen molar-refractivity contribution < 1.29 is 24.0 Å². The van der Waals surface area contributed by atoms with Crippen LogP contribution in [0.15, 0.2) is 12.1 Å². The first-order chi connectivity index (χ1) is 10.8. The Bertz CT molecular complexity index is 658. The van der Waals surface area contributed by atoms with Gasteiger partial charge in [-0.05, 0) is 24.8 Å². The maximum Gasteiger partial charge on any atom is 0.311 e. The summed E-state index contributed by atoms with van der Waals surface area (Å²) >= 11 is 0. The van der Waals surface area contributed by atoms with E-state index in [4.69, 9.17) is 9.47 Å². The molecule has 1 saturated carbocycles. The topological polar surface area (TPSA) is 108 Å². The number of rotatable bonds is 6. The van der Waals surface area contributed by atoms with Crippen molar-refractivity contribution in [3.05, 3.63) is 27.8 Å². The minimum Gasteiger partial charge on any atom is -0.490 e. The van der Waals surface area contributed by atoms with Crippen LogP contribution in [0.25, 0.3) is 0 Å². The Balaban J connectivity index is 2.00. The molecular formula is C15H18N2O6. The number of carbonyl (C=O) groups is 2. The van der Waals surface area contributed by atoms with Crippen molar-refractivity contribution in [2.45, 2.75) is 20.3 Å². The molecule has 1 aliphatic carbocycles. The molecule has 23 heavy (non-hydrogen) atoms. The highest BCUT2D eigenvalue weighted by Gasteiger charge is 2.40. The number of carbonyl (C=O) groups excluding carboxylic acids is 2. The van der Waals surface area contributed by atoms with Crippen molar-refractivity contribution in [3.63, 3.8) is 0 Å². The molecule has 1 aromatic carbocycles. The van der Waals surface area contributed by atoms with Gasteiger partial charge in [0.25, 0.3) is 5.91 Å². The van der Waals surface area contributed by atoms with Crippen LogP contribution >= 0.6 is 0 Å². The fourth-order valence-corrected chi connectivity index (χ4v) is 2.19. The number of anilines is 1. The predicted molar refractivity (Wildman–Crippen MR) is 81.2 cm³/mol. The number of amides is 1. The average Bonchev–Trinajstić information content (AvgIpc) is 3.23. The number of hydrogen-bond acceptors (Lipinski definition) is 6. The van der Waals surface area contributed by atoms with Crippen LogP contribution in [0.3, 0.4) is 0 Å². The lowest BCUT2D eigenvalue weighted by atomic mass is 10.1. The van der Waals surface area contributed by atoms with Crippen LogP contribution in [0, 0.1) is 28.9 Å². The van der Waals surface area contributed by atoms with E-state index in [0.717, 1.165) is 6.42 Å². The zero-order valence-electron chi connectivity index (χ0n) is 13.1. The first kappa shape index (κ1) is 16.7. The molecule has 0 aromatic heterocycles. The summed E-state index contributed by atoms with van der Waals surface area (Å²) in [5.74, 6) is -0.633. The summed E-state index contributed by atoms with van der Waals surface area (Å²) in [6.45, 7) is 3.18. The monoisotopic (exact) mass is 322 g/mol. The normalized spacial score (nSPS) is 18.9. The third kappa shape index (κ3) is 3.97. The summed E-state index contributed by atoms with van der Waals surface area (Å²) in [4.78, 5) is 33.8. The van der Waals surface area contributed by atoms with Gasteiger partial charge in [0.2, 0.25) is 0 Å². The molecule has 1 N–H and O–H groups in total. The van der Waals surface area contributed by atoms with Gasteiger partial charge in [0, 0.05) is 17.8 Å². The molecule has 0 unspecified atom stereocenters. The van der Waals surface area contributed by atoms with E-state index in [1.165, 1.54) is 19.2 Å². The first-order valence-corrected chi connectivity index (χ1v) is 7.13. The Morgan fingerprint density at radius 2 is 2.09 bits per heavy atom. The molecule has 1 aromatic rings. The van der Waals surface area contributed by atoms with Gasteiger partial charge in [-0.15, -0.1) is 0 Å². The number of aryl methyl sites for hydroxylation is 1. The molecule has 0 saturated heterocycles. The van der Waals surface area contributed by atoms with Gasteiger partial charge >= 0.3 is 11.7 Å². The zero-order valence-corrected chi connectivity index (χ0v) is 13.1. The van der Waals surface area contributed by atoms with Crippen LogP contribution in [0.5, 0.6) is 5.75 Å². The van der Waals surface area contributed by atoms with E-state index in [1.807, 2.05) is 6.92 Å². The number of nitro benzene ring substituents is 1. The van der Waals surface area contributed by atoms with Crippen molar-refractivity contribution in [2.24, 2.45) is 11.8 Å². The van der Waals surface area contributed by atoms with E-state index in [2.05, 4.69) is 5.32 Å². The van der Waals surface area contributed by atoms with E-state index < -0.39 is 10.8 Å². The molecule has 2 atom stereocenters. The average molecular weight is 322 g/mol. The number of nitro groups is 1. The van der Waals surface area contributed by atoms with Crippen LogP contribution in [0.1, 0.15) is 18.9 Å². The fraction of sp³-hybridized carbons (Fsp3) is 0.467. The van der Waals surface area contributed by atoms with Crippen molar-refractivity contribution in [1.82, 2.24) is 0 Å². The second kappa shape index (κ2) is 6.64. The lowest BCUT2D eigenvalue weighted by Gasteiger charge is -2.11. The van der Waals surface area contributed by atoms with Crippen molar-refractivity contribution in [3.8, 4) is 5.75 Å². The Hall–Kier alpha value is -2.64. The molecule has 2 rings (SSSR count). The number of ether oxygens (including phenoxy) is 2. The van der Waals surface area contributed by atoms with Crippen molar-refractivity contribution >= 4 is 23.3 Å². The maximum absolute atomic E-state index is 11.8. The number of nitrogens with zero attached hydrogens (tertiary/aromatic N) is 1. The van der Waals surface area contributed by atoms with Crippen molar-refractivity contribution in [2.75, 3.05) is 19.0 Å². The van der Waals surface area contributed by atoms with Crippen LogP contribution in [-0.4, -0.2) is 30.5 Å². The summed E-state index contributed by atoms with van der Waals surface area (Å²) in [7, 11) is 1.31. The molecule has 0 spiro atoms. The van der Waals surface area contributed by atoms with Crippen LogP contribution in [0.2, 0.25) is 0 Å². The van der Waals surface area contributed by atoms with Crippen LogP contribution in [-0.2, 0) is 14.3 Å². The summed E-state index contributed by atoms with van der Waals surface area (Å²) in [5.41, 5.74) is 0.693. The summed E-state index contributed by atoms with van der Waals surface area (Å²) in [6.07, 6.45) is 0.791. The van der Waals surface area contributed by atoms with E-state index in [1.54, 1.807) is 6.92 Å². The highest BCUT2D eigenvalue weighted by atomic mass is 16.6. The standard InChI is InChI=1S/C15H18N2O6/c1-8-4-10(8)15(19)23-7-14(18)16-11-6-13(22-3)12(17(20)21)5-9(11)2/h5-6,8,10H,4,7H2,1-3H3,(H,16,18)/t8-,10+/m1/s1. The molecule has 8 nitrogen and oxygen atoms in total. The molecule has 0 aliphatic heterocycles. The van der Waals surface area contributed by atoms with Crippen LogP contribution < -0.4 is 10.1 Å². The zero-order chi connectivity index (χ0) is 17.1. The number of hydrogen-bond donors (Lipinski definition) is 1. The second-order valence-electron chi connectivity index (χ2n) is 5.57. The molecule has 1 aliphatic rings. The fourth-order valence-electron chi connectivity index (χ4n) is 2.19. The highest BCUT2D eigenvalue weighted by molar-refractivity contribution is 5.94. The molecule has 8 heteroatoms. The maximum atomic E-state index is 11.8. The Labute approximate surface area is 132 Å². The molecule has 0 heterocycles. The lowest BCUT2D eigenvalue weighted by Crippen LogP contribution is -2.22. The summed E-state index contributed by atoms with van der Waals surface area (Å²) in [5, 5.41) is 13.5. The number of methoxy groups -OCH3 is 1. The molecular weight excluding hydrogens is 304 g/mol. The number of benzene rings is 1. The third-order valence-corrected chi connectivity index (χ3v) is 3.75. The minimum absolute atomic E-state index is 0.0414. The van der Waals surface area contributed by atoms with Gasteiger partial charge in [-0.25, -0.2) is 0 Å². The summed E-state index contributed by atoms with van der Waals surface area (Å²) in [6, 6.07) is 2.68. The smallest absolute Gasteiger partial charge is 0.311 e. The highest BCUT2D eigenvalue weighted by Crippen LogP contribution is 2.38. The quantitative estimate of drug-likeness (QED) is 0.488. The Morgan fingerprint density at radius 1 is 1.43 bits per heavy atom. The Morgan fingerprint density at radius 3 is 2.61 bits per heavy atom. The minimum atomic E-state index is -0.560. The van der Waals surface area contributed by atoms with Gasteiger partial charge in [0.15, 0.2) is 12.4 Å². The molecule has 1 amide bonds. The van der Waals surface area contributed by atoms with E-state index >= 15 is 0 Å². The van der Waals surface area contributed by atoms with E-state index in [-0.39, 0.29) is 29.9 Å². The van der Waals surface area contributed by atoms with Gasteiger partial charge in [-0.3, -0.25) is 19.7 Å². The second-order valence-corrected chi connectivity index (χ2v) is 5.57. The largest absolute Gasteiger partial charge is 0.490 e. The van der Waals surface area contributed by atoms with Gasteiger partial charge in [0.1, 0.15) is 0 Å². The molecule has 0 bridgehead atoms. The van der Waals surface area contributed by atoms with Crippen LogP contribution in [0.4, 0.5) is 11.4 Å². The van der Waals surface area contributed by atoms with Crippen molar-refractivity contribution in [1.29, 1.82) is 0 Å². The van der Waals surface area contributed by atoms with E-state index in [9.17, 15) is 19.7 Å². The molecule has 1 fully saturated rings. The molecule has 0 radical (unpaired) electrons. The van der Waals surface area contributed by atoms with Gasteiger partial charge in [-0.2, -0.15) is 0 Å². The van der Waals surface area contributed by atoms with Gasteiger partial charge in [-0.1, -0.05) is 6.92 Å². The lowest BCUT2D eigenvalue weighted by molar-refractivity contribution is -0.385. The van der Waals surface area contributed by atoms with E-state index in [0.29, 0.717) is 17.2 Å². The Kier molecular flexibility index (Phi) is 4.83. The first-order valence-electron chi connectivity index (χ1n) is 7.13. The summed E-state index contributed by atoms with van der Waals surface area (Å²) < 4.78 is 9.89. The van der Waals surface area contributed by atoms with Gasteiger partial charge < -0.3 is 14.8 Å². The molecule has 124 valence electrons. The SMILES string of the molecule is COc1cc(NC(=O)COC(=O)[C@H]2C[C@H]2C)c(C)cc1[N+](=O)[O-]. The van der Waals surface area contributed by atoms with Gasteiger partial charge in [0.05, 0.1) is 18.0 Å². The predicted octanol–water partition coefficient (Wildman–Crippen LogP) is 2.05. The number of esters is 1.